The maximum atomic E-state index is 12.2. The summed E-state index contributed by atoms with van der Waals surface area (Å²) in [5, 5.41) is 0. The van der Waals surface area contributed by atoms with E-state index in [0.717, 1.165) is 0 Å². The van der Waals surface area contributed by atoms with E-state index in [2.05, 4.69) is 0 Å². The van der Waals surface area contributed by atoms with Gasteiger partial charge in [0.25, 0.3) is 9.05 Å². The number of carbonyl (C=O) groups is 1. The molecule has 0 unspecified atom stereocenters. The zero-order valence-corrected chi connectivity index (χ0v) is 13.7. The molecule has 0 bridgehead atoms. The van der Waals surface area contributed by atoms with Gasteiger partial charge in [-0.25, -0.2) is 13.2 Å². The summed E-state index contributed by atoms with van der Waals surface area (Å²) in [6.07, 6.45) is 0. The normalized spacial score (nSPS) is 11.3. The zero-order valence-electron chi connectivity index (χ0n) is 12.2. The van der Waals surface area contributed by atoms with Gasteiger partial charge < -0.3 is 14.2 Å². The predicted molar refractivity (Wildman–Crippen MR) is 77.7 cm³/mol. The highest BCUT2D eigenvalue weighted by Crippen LogP contribution is 2.37. The quantitative estimate of drug-likeness (QED) is 0.586. The Kier molecular flexibility index (Phi) is 5.86. The Bertz CT molecular complexity index is 624. The van der Waals surface area contributed by atoms with Crippen molar-refractivity contribution in [2.24, 2.45) is 5.92 Å². The van der Waals surface area contributed by atoms with Crippen LogP contribution in [-0.4, -0.2) is 35.2 Å². The van der Waals surface area contributed by atoms with E-state index in [4.69, 9.17) is 24.9 Å². The van der Waals surface area contributed by atoms with Gasteiger partial charge in [0.15, 0.2) is 5.75 Å². The van der Waals surface area contributed by atoms with Crippen molar-refractivity contribution in [1.29, 1.82) is 0 Å². The average molecular weight is 337 g/mol. The highest BCUT2D eigenvalue weighted by atomic mass is 35.7. The molecule has 118 valence electrons. The summed E-state index contributed by atoms with van der Waals surface area (Å²) in [5.41, 5.74) is -0.109. The first kappa shape index (κ1) is 17.6. The molecule has 0 heterocycles. The fraction of sp³-hybridized carbons (Fsp3) is 0.462. The molecule has 1 aromatic rings. The lowest BCUT2D eigenvalue weighted by atomic mass is 10.1. The number of ether oxygens (including phenoxy) is 3. The van der Waals surface area contributed by atoms with Crippen LogP contribution < -0.4 is 9.47 Å². The molecule has 0 amide bonds. The number of hydrogen-bond acceptors (Lipinski definition) is 6. The summed E-state index contributed by atoms with van der Waals surface area (Å²) < 4.78 is 38.3. The second-order valence-corrected chi connectivity index (χ2v) is 7.14. The fourth-order valence-electron chi connectivity index (χ4n) is 1.62. The van der Waals surface area contributed by atoms with E-state index in [0.29, 0.717) is 0 Å². The molecule has 0 saturated carbocycles. The third-order valence-corrected chi connectivity index (χ3v) is 3.87. The molecule has 6 nitrogen and oxygen atoms in total. The Balaban J connectivity index is 3.42. The highest BCUT2D eigenvalue weighted by Gasteiger charge is 2.28. The fourth-order valence-corrected chi connectivity index (χ4v) is 2.62. The summed E-state index contributed by atoms with van der Waals surface area (Å²) >= 11 is 0. The second kappa shape index (κ2) is 7.00. The van der Waals surface area contributed by atoms with E-state index < -0.39 is 15.0 Å². The van der Waals surface area contributed by atoms with Crippen molar-refractivity contribution in [1.82, 2.24) is 0 Å². The third kappa shape index (κ3) is 4.25. The number of carbonyl (C=O) groups excluding carboxylic acids is 1. The van der Waals surface area contributed by atoms with Gasteiger partial charge in [-0.3, -0.25) is 0 Å². The lowest BCUT2D eigenvalue weighted by molar-refractivity contribution is 0.0451. The Hall–Kier alpha value is -1.47. The molecule has 0 spiro atoms. The largest absolute Gasteiger partial charge is 0.496 e. The number of halogens is 1. The van der Waals surface area contributed by atoms with E-state index in [9.17, 15) is 13.2 Å². The molecule has 0 aliphatic rings. The second-order valence-electron chi connectivity index (χ2n) is 4.60. The average Bonchev–Trinajstić information content (AvgIpc) is 2.41. The molecule has 1 aromatic carbocycles. The van der Waals surface area contributed by atoms with Crippen LogP contribution in [0.3, 0.4) is 0 Å². The van der Waals surface area contributed by atoms with Crippen molar-refractivity contribution in [3.8, 4) is 11.5 Å². The minimum absolute atomic E-state index is 0.109. The first-order valence-corrected chi connectivity index (χ1v) is 8.40. The van der Waals surface area contributed by atoms with Gasteiger partial charge in [0.05, 0.1) is 20.8 Å². The number of rotatable bonds is 6. The molecule has 21 heavy (non-hydrogen) atoms. The number of benzene rings is 1. The van der Waals surface area contributed by atoms with Gasteiger partial charge in [-0.1, -0.05) is 13.8 Å². The molecule has 8 heteroatoms. The van der Waals surface area contributed by atoms with Crippen molar-refractivity contribution in [2.45, 2.75) is 18.7 Å². The van der Waals surface area contributed by atoms with E-state index in [1.165, 1.54) is 26.4 Å². The number of esters is 1. The van der Waals surface area contributed by atoms with Gasteiger partial charge in [0, 0.05) is 10.7 Å². The van der Waals surface area contributed by atoms with Gasteiger partial charge >= 0.3 is 5.97 Å². The van der Waals surface area contributed by atoms with Crippen molar-refractivity contribution in [2.75, 3.05) is 20.8 Å². The predicted octanol–water partition coefficient (Wildman–Crippen LogP) is 2.44. The molecule has 0 atom stereocenters. The SMILES string of the molecule is COc1ccc(S(=O)(=O)Cl)c(OC)c1C(=O)OCC(C)C. The van der Waals surface area contributed by atoms with Crippen molar-refractivity contribution in [3.05, 3.63) is 17.7 Å². The Morgan fingerprint density at radius 2 is 1.86 bits per heavy atom. The first-order valence-electron chi connectivity index (χ1n) is 6.09. The van der Waals surface area contributed by atoms with E-state index in [-0.39, 0.29) is 34.5 Å². The van der Waals surface area contributed by atoms with Gasteiger partial charge in [-0.15, -0.1) is 0 Å². The maximum Gasteiger partial charge on any atom is 0.345 e. The molecule has 1 rings (SSSR count). The standard InChI is InChI=1S/C13H17ClO6S/c1-8(2)7-20-13(15)11-9(18-3)5-6-10(12(11)19-4)21(14,16)17/h5-6,8H,7H2,1-4H3. The molecule has 0 saturated heterocycles. The van der Waals surface area contributed by atoms with Crippen LogP contribution in [0.4, 0.5) is 0 Å². The monoisotopic (exact) mass is 336 g/mol. The van der Waals surface area contributed by atoms with Crippen molar-refractivity contribution >= 4 is 25.7 Å². The molecule has 0 aliphatic heterocycles. The van der Waals surface area contributed by atoms with Crippen LogP contribution in [0.1, 0.15) is 24.2 Å². The van der Waals surface area contributed by atoms with Crippen molar-refractivity contribution < 1.29 is 27.4 Å². The molecular formula is C13H17ClO6S. The molecule has 0 radical (unpaired) electrons. The zero-order chi connectivity index (χ0) is 16.2. The molecule has 0 fully saturated rings. The molecule has 0 aromatic heterocycles. The lowest BCUT2D eigenvalue weighted by Crippen LogP contribution is -2.14. The number of methoxy groups -OCH3 is 2. The summed E-state index contributed by atoms with van der Waals surface area (Å²) in [5.74, 6) is -0.659. The van der Waals surface area contributed by atoms with Gasteiger partial charge in [-0.2, -0.15) is 0 Å². The summed E-state index contributed by atoms with van der Waals surface area (Å²) in [4.78, 5) is 11.9. The summed E-state index contributed by atoms with van der Waals surface area (Å²) in [7, 11) is 3.85. The Morgan fingerprint density at radius 3 is 2.29 bits per heavy atom. The smallest absolute Gasteiger partial charge is 0.345 e. The summed E-state index contributed by atoms with van der Waals surface area (Å²) in [6, 6.07) is 2.53. The van der Waals surface area contributed by atoms with Crippen LogP contribution in [0, 0.1) is 5.92 Å². The van der Waals surface area contributed by atoms with Crippen LogP contribution in [0.2, 0.25) is 0 Å². The van der Waals surface area contributed by atoms with Crippen molar-refractivity contribution in [3.63, 3.8) is 0 Å². The summed E-state index contributed by atoms with van der Waals surface area (Å²) in [6.45, 7) is 3.94. The minimum atomic E-state index is -4.07. The third-order valence-electron chi connectivity index (χ3n) is 2.52. The highest BCUT2D eigenvalue weighted by molar-refractivity contribution is 8.13. The molecular weight excluding hydrogens is 320 g/mol. The topological polar surface area (TPSA) is 78.9 Å². The Labute approximate surface area is 128 Å². The van der Waals surface area contributed by atoms with Crippen LogP contribution >= 0.6 is 10.7 Å². The van der Waals surface area contributed by atoms with Crippen LogP contribution in [0.25, 0.3) is 0 Å². The lowest BCUT2D eigenvalue weighted by Gasteiger charge is -2.15. The van der Waals surface area contributed by atoms with E-state index >= 15 is 0 Å². The Morgan fingerprint density at radius 1 is 1.24 bits per heavy atom. The van der Waals surface area contributed by atoms with Crippen LogP contribution in [0.15, 0.2) is 17.0 Å². The van der Waals surface area contributed by atoms with Gasteiger partial charge in [-0.05, 0) is 18.1 Å². The van der Waals surface area contributed by atoms with E-state index in [1.54, 1.807) is 0 Å². The minimum Gasteiger partial charge on any atom is -0.496 e. The van der Waals surface area contributed by atoms with Gasteiger partial charge in [0.1, 0.15) is 16.2 Å². The van der Waals surface area contributed by atoms with E-state index in [1.807, 2.05) is 13.8 Å². The van der Waals surface area contributed by atoms with Crippen LogP contribution in [-0.2, 0) is 13.8 Å². The molecule has 0 aliphatic carbocycles. The first-order chi connectivity index (χ1) is 9.72. The van der Waals surface area contributed by atoms with Gasteiger partial charge in [0.2, 0.25) is 0 Å². The molecule has 0 N–H and O–H groups in total. The maximum absolute atomic E-state index is 12.2. The van der Waals surface area contributed by atoms with Crippen LogP contribution in [0.5, 0.6) is 11.5 Å². The number of hydrogen-bond donors (Lipinski definition) is 0.